The predicted octanol–water partition coefficient (Wildman–Crippen LogP) is 5.75. The number of anilines is 4. The van der Waals surface area contributed by atoms with Crippen LogP contribution in [0.4, 0.5) is 22.2 Å². The number of allylic oxidation sites excluding steroid dienone is 4. The number of para-hydroxylation sites is 2. The Hall–Kier alpha value is -4.50. The monoisotopic (exact) mass is 555 g/mol. The first-order valence-electron chi connectivity index (χ1n) is 13.0. The molecular weight excluding hydrogens is 522 g/mol. The van der Waals surface area contributed by atoms with Gasteiger partial charge in [-0.15, -0.1) is 11.3 Å². The van der Waals surface area contributed by atoms with Gasteiger partial charge in [0.25, 0.3) is 0 Å². The van der Waals surface area contributed by atoms with E-state index in [1.54, 1.807) is 17.5 Å². The van der Waals surface area contributed by atoms with Crippen molar-refractivity contribution in [3.63, 3.8) is 0 Å². The van der Waals surface area contributed by atoms with E-state index in [9.17, 15) is 14.4 Å². The molecule has 2 aromatic carbocycles. The maximum atomic E-state index is 12.5. The van der Waals surface area contributed by atoms with Crippen molar-refractivity contribution in [1.29, 1.82) is 0 Å². The van der Waals surface area contributed by atoms with E-state index in [-0.39, 0.29) is 11.8 Å². The van der Waals surface area contributed by atoms with Gasteiger partial charge < -0.3 is 20.9 Å². The van der Waals surface area contributed by atoms with Crippen LogP contribution in [0.15, 0.2) is 90.1 Å². The molecule has 0 fully saturated rings. The molecule has 3 amide bonds. The average Bonchev–Trinajstić information content (AvgIpc) is 3.67. The Balaban J connectivity index is 0.000000201. The molecule has 0 radical (unpaired) electrons. The summed E-state index contributed by atoms with van der Waals surface area (Å²) in [6.45, 7) is 3.58. The molecule has 1 unspecified atom stereocenters. The molecule has 2 heterocycles. The number of aromatic nitrogens is 1. The quantitative estimate of drug-likeness (QED) is 0.243. The summed E-state index contributed by atoms with van der Waals surface area (Å²) in [4.78, 5) is 40.4. The van der Waals surface area contributed by atoms with Gasteiger partial charge in [-0.05, 0) is 60.2 Å². The van der Waals surface area contributed by atoms with Gasteiger partial charge in [0, 0.05) is 37.4 Å². The first-order valence-corrected chi connectivity index (χ1v) is 13.9. The molecule has 3 N–H and O–H groups in total. The molecule has 2 aliphatic rings. The van der Waals surface area contributed by atoms with Gasteiger partial charge in [0.05, 0.1) is 16.8 Å². The van der Waals surface area contributed by atoms with E-state index in [1.807, 2.05) is 84.2 Å². The lowest BCUT2D eigenvalue weighted by molar-refractivity contribution is -0.126. The fourth-order valence-corrected chi connectivity index (χ4v) is 5.51. The molecule has 206 valence electrons. The molecule has 9 heteroatoms. The third-order valence-corrected chi connectivity index (χ3v) is 7.65. The van der Waals surface area contributed by atoms with E-state index < -0.39 is 5.41 Å². The molecule has 0 saturated heterocycles. The van der Waals surface area contributed by atoms with Crippen molar-refractivity contribution in [2.75, 3.05) is 22.6 Å². The fraction of sp³-hybridized carbons (Fsp3) is 0.226. The van der Waals surface area contributed by atoms with Gasteiger partial charge in [0.2, 0.25) is 18.2 Å². The van der Waals surface area contributed by atoms with Crippen molar-refractivity contribution in [3.05, 3.63) is 101 Å². The highest BCUT2D eigenvalue weighted by Crippen LogP contribution is 2.46. The highest BCUT2D eigenvalue weighted by Gasteiger charge is 2.48. The minimum absolute atomic E-state index is 0.0545. The Labute approximate surface area is 238 Å². The van der Waals surface area contributed by atoms with E-state index in [0.29, 0.717) is 19.3 Å². The van der Waals surface area contributed by atoms with Gasteiger partial charge in [0.15, 0.2) is 5.13 Å². The topological polar surface area (TPSA) is 103 Å². The lowest BCUT2D eigenvalue weighted by Crippen LogP contribution is -2.34. The van der Waals surface area contributed by atoms with Crippen LogP contribution in [0.25, 0.3) is 0 Å². The summed E-state index contributed by atoms with van der Waals surface area (Å²) in [5.41, 5.74) is 5.27. The molecule has 5 rings (SSSR count). The van der Waals surface area contributed by atoms with Crippen LogP contribution in [-0.2, 0) is 27.2 Å². The molecule has 1 aromatic heterocycles. The molecule has 1 aliphatic heterocycles. The summed E-state index contributed by atoms with van der Waals surface area (Å²) in [6.07, 6.45) is 14.7. The van der Waals surface area contributed by atoms with Crippen molar-refractivity contribution in [1.82, 2.24) is 10.3 Å². The smallest absolute Gasteiger partial charge is 0.235 e. The van der Waals surface area contributed by atoms with Crippen LogP contribution in [0.3, 0.4) is 0 Å². The maximum Gasteiger partial charge on any atom is 0.235 e. The van der Waals surface area contributed by atoms with Crippen LogP contribution in [0.1, 0.15) is 31.4 Å². The van der Waals surface area contributed by atoms with E-state index in [1.165, 1.54) is 12.5 Å². The Morgan fingerprint density at radius 3 is 2.70 bits per heavy atom. The third kappa shape index (κ3) is 6.38. The zero-order chi connectivity index (χ0) is 28.5. The normalized spacial score (nSPS) is 17.3. The number of carbonyl (C=O) groups excluding carboxylic acids is 3. The first kappa shape index (κ1) is 28.5. The second kappa shape index (κ2) is 13.0. The Morgan fingerprint density at radius 2 is 1.98 bits per heavy atom. The first-order chi connectivity index (χ1) is 19.4. The van der Waals surface area contributed by atoms with Crippen molar-refractivity contribution in [2.24, 2.45) is 5.41 Å². The zero-order valence-electron chi connectivity index (χ0n) is 22.8. The van der Waals surface area contributed by atoms with Crippen LogP contribution < -0.4 is 20.9 Å². The summed E-state index contributed by atoms with van der Waals surface area (Å²) in [5.74, 6) is -0.0357. The second-order valence-electron chi connectivity index (χ2n) is 9.52. The molecule has 8 nitrogen and oxygen atoms in total. The molecule has 0 saturated carbocycles. The van der Waals surface area contributed by atoms with Gasteiger partial charge in [-0.25, -0.2) is 4.98 Å². The Kier molecular flexibility index (Phi) is 9.29. The van der Waals surface area contributed by atoms with Crippen molar-refractivity contribution < 1.29 is 14.4 Å². The Bertz CT molecular complexity index is 1460. The summed E-state index contributed by atoms with van der Waals surface area (Å²) in [6, 6.07) is 13.5. The van der Waals surface area contributed by atoms with Crippen molar-refractivity contribution in [2.45, 2.75) is 33.1 Å². The number of thiazole rings is 1. The number of hydrogen-bond acceptors (Lipinski definition) is 6. The van der Waals surface area contributed by atoms with E-state index in [2.05, 4.69) is 33.9 Å². The van der Waals surface area contributed by atoms with Gasteiger partial charge >= 0.3 is 0 Å². The summed E-state index contributed by atoms with van der Waals surface area (Å²) in [5, 5.41) is 11.2. The lowest BCUT2D eigenvalue weighted by atomic mass is 9.78. The number of amides is 3. The summed E-state index contributed by atoms with van der Waals surface area (Å²) < 4.78 is 0. The Morgan fingerprint density at radius 1 is 1.18 bits per heavy atom. The van der Waals surface area contributed by atoms with Crippen molar-refractivity contribution in [3.8, 4) is 0 Å². The number of nitrogens with zero attached hydrogens (tertiary/aromatic N) is 2. The van der Waals surface area contributed by atoms with E-state index in [0.717, 1.165) is 39.8 Å². The molecule has 3 aromatic rings. The molecule has 40 heavy (non-hydrogen) atoms. The summed E-state index contributed by atoms with van der Waals surface area (Å²) in [7, 11) is 1.92. The number of nitrogens with one attached hydrogen (secondary N) is 3. The second-order valence-corrected chi connectivity index (χ2v) is 10.4. The van der Waals surface area contributed by atoms with Crippen molar-refractivity contribution >= 4 is 51.8 Å². The van der Waals surface area contributed by atoms with E-state index in [4.69, 9.17) is 0 Å². The molecule has 1 spiro atoms. The highest BCUT2D eigenvalue weighted by molar-refractivity contribution is 7.13. The van der Waals surface area contributed by atoms with Gasteiger partial charge in [0.1, 0.15) is 0 Å². The SMILES string of the molecule is CC/C=C\C=C/C1=CNC(=O)C12Cc1ccc(NC(C)=O)cc1C2.CN(c1nccs1)c1ccccc1NC=O. The number of carbonyl (C=O) groups is 3. The van der Waals surface area contributed by atoms with Crippen LogP contribution in [0.5, 0.6) is 0 Å². The number of hydrogen-bond donors (Lipinski definition) is 3. The van der Waals surface area contributed by atoms with Gasteiger partial charge in [-0.1, -0.05) is 49.4 Å². The number of benzene rings is 2. The van der Waals surface area contributed by atoms with Gasteiger partial charge in [-0.2, -0.15) is 0 Å². The highest BCUT2D eigenvalue weighted by atomic mass is 32.1. The predicted molar refractivity (Wildman–Crippen MR) is 162 cm³/mol. The molecular formula is C31H33N5O3S. The van der Waals surface area contributed by atoms with Crippen LogP contribution in [-0.4, -0.2) is 30.3 Å². The third-order valence-electron chi connectivity index (χ3n) is 6.80. The van der Waals surface area contributed by atoms with Crippen LogP contribution >= 0.6 is 11.3 Å². The number of rotatable bonds is 8. The van der Waals surface area contributed by atoms with Gasteiger partial charge in [-0.3, -0.25) is 14.4 Å². The minimum Gasteiger partial charge on any atom is -0.332 e. The van der Waals surface area contributed by atoms with Crippen LogP contribution in [0, 0.1) is 5.41 Å². The maximum absolute atomic E-state index is 12.5. The zero-order valence-corrected chi connectivity index (χ0v) is 23.6. The number of fused-ring (bicyclic) bond motifs is 1. The molecule has 1 atom stereocenters. The molecule has 1 aliphatic carbocycles. The molecule has 0 bridgehead atoms. The van der Waals surface area contributed by atoms with E-state index >= 15 is 0 Å². The minimum atomic E-state index is -0.520. The fourth-order valence-electron chi connectivity index (χ4n) is 4.89. The summed E-state index contributed by atoms with van der Waals surface area (Å²) >= 11 is 1.55. The average molecular weight is 556 g/mol. The standard InChI is InChI=1S/C20H22N2O2.C11H11N3OS/c1-3-4-5-6-7-17-13-21-19(24)20(17)11-15-8-9-18(22-14(2)23)10-16(15)12-20;1-14(11-12-6-7-16-11)10-5-3-2-4-9(10)13-8-15/h4-10,13H,3,11-12H2,1-2H3,(H,21,24)(H,22,23);2-8H,1H3,(H,13,15)/b5-4-,7-6-;. The largest absolute Gasteiger partial charge is 0.332 e. The lowest BCUT2D eigenvalue weighted by Gasteiger charge is -2.22. The van der Waals surface area contributed by atoms with Crippen LogP contribution in [0.2, 0.25) is 0 Å².